The van der Waals surface area contributed by atoms with Gasteiger partial charge in [0.25, 0.3) is 0 Å². The summed E-state index contributed by atoms with van der Waals surface area (Å²) in [5, 5.41) is 19.1. The summed E-state index contributed by atoms with van der Waals surface area (Å²) in [7, 11) is 0. The first-order valence-electron chi connectivity index (χ1n) is 9.54. The number of rotatable bonds is 4. The second-order valence-corrected chi connectivity index (χ2v) is 8.50. The fourth-order valence-electron chi connectivity index (χ4n) is 2.70. The van der Waals surface area contributed by atoms with E-state index in [1.807, 2.05) is 38.1 Å². The standard InChI is InChI=1S/C16H26O.C8H10O/c1-7-15(3,4)12-9-10-14(17)13(11-12)16(5,6)8-2;1-6-3-4-8(9)7(2)5-6/h9-11,17H,7-8H2,1-6H3;3-5,9H,1-2H3. The molecule has 2 nitrogen and oxygen atoms in total. The molecular formula is C24H36O2. The lowest BCUT2D eigenvalue weighted by atomic mass is 9.76. The predicted molar refractivity (Wildman–Crippen MR) is 112 cm³/mol. The smallest absolute Gasteiger partial charge is 0.119 e. The number of hydrogen-bond acceptors (Lipinski definition) is 2. The monoisotopic (exact) mass is 356 g/mol. The third kappa shape index (κ3) is 5.52. The summed E-state index contributed by atoms with van der Waals surface area (Å²) in [5.74, 6) is 0.799. The van der Waals surface area contributed by atoms with E-state index in [0.717, 1.165) is 24.0 Å². The van der Waals surface area contributed by atoms with Gasteiger partial charge in [0.1, 0.15) is 11.5 Å². The summed E-state index contributed by atoms with van der Waals surface area (Å²) in [4.78, 5) is 0. The van der Waals surface area contributed by atoms with Crippen LogP contribution in [0.15, 0.2) is 36.4 Å². The van der Waals surface area contributed by atoms with Crippen LogP contribution in [-0.2, 0) is 10.8 Å². The SMILES string of the molecule is CCC(C)(C)c1ccc(O)c(C(C)(C)CC)c1.Cc1ccc(O)c(C)c1. The van der Waals surface area contributed by atoms with Gasteiger partial charge in [-0.05, 0) is 66.3 Å². The van der Waals surface area contributed by atoms with Gasteiger partial charge in [0.15, 0.2) is 0 Å². The van der Waals surface area contributed by atoms with E-state index >= 15 is 0 Å². The van der Waals surface area contributed by atoms with Gasteiger partial charge >= 0.3 is 0 Å². The molecule has 2 aromatic carbocycles. The van der Waals surface area contributed by atoms with Crippen molar-refractivity contribution < 1.29 is 10.2 Å². The average Bonchev–Trinajstić information content (AvgIpc) is 2.59. The van der Waals surface area contributed by atoms with Crippen LogP contribution in [0.3, 0.4) is 0 Å². The van der Waals surface area contributed by atoms with Crippen LogP contribution >= 0.6 is 0 Å². The van der Waals surface area contributed by atoms with Crippen molar-refractivity contribution in [3.8, 4) is 11.5 Å². The number of aromatic hydroxyl groups is 2. The highest BCUT2D eigenvalue weighted by Gasteiger charge is 2.25. The fourth-order valence-corrected chi connectivity index (χ4v) is 2.70. The molecule has 2 aromatic rings. The lowest BCUT2D eigenvalue weighted by molar-refractivity contribution is 0.425. The van der Waals surface area contributed by atoms with E-state index in [-0.39, 0.29) is 10.8 Å². The van der Waals surface area contributed by atoms with Gasteiger partial charge < -0.3 is 10.2 Å². The Labute approximate surface area is 159 Å². The van der Waals surface area contributed by atoms with Gasteiger partial charge in [0.05, 0.1) is 0 Å². The molecule has 0 saturated heterocycles. The Balaban J connectivity index is 0.000000314. The number of benzene rings is 2. The van der Waals surface area contributed by atoms with E-state index in [2.05, 4.69) is 47.6 Å². The average molecular weight is 357 g/mol. The summed E-state index contributed by atoms with van der Waals surface area (Å²) in [5.41, 5.74) is 4.71. The summed E-state index contributed by atoms with van der Waals surface area (Å²) >= 11 is 0. The minimum atomic E-state index is 0.0317. The number of aryl methyl sites for hydroxylation is 2. The predicted octanol–water partition coefficient (Wildman–Crippen LogP) is 6.78. The molecule has 0 bridgehead atoms. The third-order valence-electron chi connectivity index (χ3n) is 5.63. The summed E-state index contributed by atoms with van der Waals surface area (Å²) in [6, 6.07) is 11.6. The van der Waals surface area contributed by atoms with Crippen molar-refractivity contribution in [2.45, 2.75) is 79.1 Å². The Hall–Kier alpha value is -1.96. The van der Waals surface area contributed by atoms with Crippen molar-refractivity contribution in [3.05, 3.63) is 58.7 Å². The van der Waals surface area contributed by atoms with Crippen LogP contribution in [0.1, 0.15) is 76.6 Å². The van der Waals surface area contributed by atoms with Gasteiger partial charge in [0.2, 0.25) is 0 Å². The molecule has 2 rings (SSSR count). The van der Waals surface area contributed by atoms with E-state index in [1.54, 1.807) is 6.07 Å². The molecule has 2 N–H and O–H groups in total. The van der Waals surface area contributed by atoms with Gasteiger partial charge in [0, 0.05) is 0 Å². The molecule has 0 unspecified atom stereocenters. The minimum Gasteiger partial charge on any atom is -0.508 e. The maximum absolute atomic E-state index is 10.0. The van der Waals surface area contributed by atoms with Gasteiger partial charge in [-0.1, -0.05) is 71.4 Å². The maximum Gasteiger partial charge on any atom is 0.119 e. The Bertz CT molecular complexity index is 727. The summed E-state index contributed by atoms with van der Waals surface area (Å²) in [6.45, 7) is 17.1. The second kappa shape index (κ2) is 8.62. The zero-order valence-corrected chi connectivity index (χ0v) is 17.8. The Morgan fingerprint density at radius 2 is 1.27 bits per heavy atom. The molecule has 0 saturated carbocycles. The molecular weight excluding hydrogens is 320 g/mol. The normalized spacial score (nSPS) is 11.7. The Morgan fingerprint density at radius 3 is 1.73 bits per heavy atom. The van der Waals surface area contributed by atoms with Crippen molar-refractivity contribution in [1.29, 1.82) is 0 Å². The van der Waals surface area contributed by atoms with Gasteiger partial charge in [-0.2, -0.15) is 0 Å². The number of phenolic OH excluding ortho intramolecular Hbond substituents is 2. The molecule has 0 atom stereocenters. The van der Waals surface area contributed by atoms with Gasteiger partial charge in [-0.3, -0.25) is 0 Å². The van der Waals surface area contributed by atoms with Gasteiger partial charge in [-0.25, -0.2) is 0 Å². The van der Waals surface area contributed by atoms with Crippen LogP contribution < -0.4 is 0 Å². The number of hydrogen-bond donors (Lipinski definition) is 2. The van der Waals surface area contributed by atoms with E-state index in [1.165, 1.54) is 11.1 Å². The lowest BCUT2D eigenvalue weighted by Gasteiger charge is -2.29. The molecule has 0 spiro atoms. The van der Waals surface area contributed by atoms with Crippen molar-refractivity contribution in [3.63, 3.8) is 0 Å². The van der Waals surface area contributed by atoms with Crippen LogP contribution in [0, 0.1) is 13.8 Å². The highest BCUT2D eigenvalue weighted by Crippen LogP contribution is 2.37. The van der Waals surface area contributed by atoms with Crippen LogP contribution in [0.4, 0.5) is 0 Å². The largest absolute Gasteiger partial charge is 0.508 e. The van der Waals surface area contributed by atoms with Crippen LogP contribution in [0.5, 0.6) is 11.5 Å². The van der Waals surface area contributed by atoms with Crippen molar-refractivity contribution in [1.82, 2.24) is 0 Å². The molecule has 0 aromatic heterocycles. The molecule has 0 fully saturated rings. The zero-order chi connectivity index (χ0) is 20.1. The van der Waals surface area contributed by atoms with Crippen molar-refractivity contribution in [2.75, 3.05) is 0 Å². The molecule has 144 valence electrons. The second-order valence-electron chi connectivity index (χ2n) is 8.50. The lowest BCUT2D eigenvalue weighted by Crippen LogP contribution is -2.20. The summed E-state index contributed by atoms with van der Waals surface area (Å²) in [6.07, 6.45) is 2.13. The van der Waals surface area contributed by atoms with E-state index in [4.69, 9.17) is 5.11 Å². The van der Waals surface area contributed by atoms with Crippen LogP contribution in [0.25, 0.3) is 0 Å². The molecule has 26 heavy (non-hydrogen) atoms. The van der Waals surface area contributed by atoms with E-state index in [0.29, 0.717) is 11.5 Å². The number of phenols is 2. The fraction of sp³-hybridized carbons (Fsp3) is 0.500. The first-order chi connectivity index (χ1) is 11.9. The van der Waals surface area contributed by atoms with Crippen molar-refractivity contribution in [2.24, 2.45) is 0 Å². The van der Waals surface area contributed by atoms with Crippen molar-refractivity contribution >= 4 is 0 Å². The van der Waals surface area contributed by atoms with E-state index < -0.39 is 0 Å². The maximum atomic E-state index is 10.0. The topological polar surface area (TPSA) is 40.5 Å². The Morgan fingerprint density at radius 1 is 0.731 bits per heavy atom. The molecule has 0 aliphatic carbocycles. The van der Waals surface area contributed by atoms with Crippen LogP contribution in [-0.4, -0.2) is 10.2 Å². The van der Waals surface area contributed by atoms with Gasteiger partial charge in [-0.15, -0.1) is 0 Å². The highest BCUT2D eigenvalue weighted by molar-refractivity contribution is 5.43. The zero-order valence-electron chi connectivity index (χ0n) is 17.8. The molecule has 0 amide bonds. The first-order valence-corrected chi connectivity index (χ1v) is 9.54. The Kier molecular flexibility index (Phi) is 7.32. The third-order valence-corrected chi connectivity index (χ3v) is 5.63. The van der Waals surface area contributed by atoms with E-state index in [9.17, 15) is 5.11 Å². The molecule has 0 aliphatic rings. The van der Waals surface area contributed by atoms with Crippen LogP contribution in [0.2, 0.25) is 0 Å². The molecule has 0 aliphatic heterocycles. The molecule has 0 heterocycles. The quantitative estimate of drug-likeness (QED) is 0.634. The molecule has 0 radical (unpaired) electrons. The first kappa shape index (κ1) is 22.1. The summed E-state index contributed by atoms with van der Waals surface area (Å²) < 4.78 is 0. The minimum absolute atomic E-state index is 0.0317. The highest BCUT2D eigenvalue weighted by atomic mass is 16.3. The molecule has 2 heteroatoms.